The van der Waals surface area contributed by atoms with Gasteiger partial charge in [-0.1, -0.05) is 42.5 Å². The lowest BCUT2D eigenvalue weighted by Crippen LogP contribution is -2.36. The Morgan fingerprint density at radius 2 is 1.67 bits per heavy atom. The SMILES string of the molecule is O=C(CNC(=O)c1ccc2ccccc2c1)NCc1nc2ccccc2s1. The molecule has 134 valence electrons. The van der Waals surface area contributed by atoms with Crippen molar-refractivity contribution in [3.8, 4) is 0 Å². The first-order valence-corrected chi connectivity index (χ1v) is 9.39. The Balaban J connectivity index is 1.32. The minimum atomic E-state index is -0.268. The Hall–Kier alpha value is -3.25. The van der Waals surface area contributed by atoms with Crippen LogP contribution in [-0.2, 0) is 11.3 Å². The molecular formula is C21H17N3O2S. The number of amides is 2. The van der Waals surface area contributed by atoms with Gasteiger partial charge in [-0.05, 0) is 35.0 Å². The second kappa shape index (κ2) is 7.55. The lowest BCUT2D eigenvalue weighted by atomic mass is 10.1. The van der Waals surface area contributed by atoms with Crippen LogP contribution in [0.15, 0.2) is 66.7 Å². The molecule has 2 amide bonds. The highest BCUT2D eigenvalue weighted by Crippen LogP contribution is 2.21. The smallest absolute Gasteiger partial charge is 0.251 e. The fraction of sp³-hybridized carbons (Fsp3) is 0.0952. The maximum absolute atomic E-state index is 12.3. The van der Waals surface area contributed by atoms with E-state index < -0.39 is 0 Å². The largest absolute Gasteiger partial charge is 0.348 e. The molecule has 1 heterocycles. The van der Waals surface area contributed by atoms with E-state index in [2.05, 4.69) is 15.6 Å². The van der Waals surface area contributed by atoms with E-state index in [-0.39, 0.29) is 18.4 Å². The molecule has 5 nitrogen and oxygen atoms in total. The van der Waals surface area contributed by atoms with Gasteiger partial charge >= 0.3 is 0 Å². The summed E-state index contributed by atoms with van der Waals surface area (Å²) in [5.74, 6) is -0.515. The van der Waals surface area contributed by atoms with Crippen LogP contribution in [0.2, 0.25) is 0 Å². The highest BCUT2D eigenvalue weighted by atomic mass is 32.1. The van der Waals surface area contributed by atoms with Crippen LogP contribution in [-0.4, -0.2) is 23.3 Å². The minimum absolute atomic E-state index is 0.0729. The number of thiazole rings is 1. The predicted molar refractivity (Wildman–Crippen MR) is 108 cm³/mol. The standard InChI is InChI=1S/C21H17N3O2S/c25-19(22-13-20-24-17-7-3-4-8-18(17)27-20)12-23-21(26)16-10-9-14-5-1-2-6-15(14)11-16/h1-11H,12-13H2,(H,22,25)(H,23,26). The average molecular weight is 375 g/mol. The van der Waals surface area contributed by atoms with Crippen LogP contribution in [0.1, 0.15) is 15.4 Å². The number of nitrogens with zero attached hydrogens (tertiary/aromatic N) is 1. The summed E-state index contributed by atoms with van der Waals surface area (Å²) in [4.78, 5) is 28.8. The zero-order chi connectivity index (χ0) is 18.6. The number of benzene rings is 3. The number of fused-ring (bicyclic) bond motifs is 2. The normalized spacial score (nSPS) is 10.8. The Kier molecular flexibility index (Phi) is 4.80. The highest BCUT2D eigenvalue weighted by molar-refractivity contribution is 7.18. The molecule has 6 heteroatoms. The van der Waals surface area contributed by atoms with Crippen molar-refractivity contribution >= 4 is 44.1 Å². The molecule has 4 rings (SSSR count). The average Bonchev–Trinajstić information content (AvgIpc) is 3.13. The molecule has 0 bridgehead atoms. The van der Waals surface area contributed by atoms with Gasteiger partial charge in [-0.15, -0.1) is 11.3 Å². The van der Waals surface area contributed by atoms with E-state index in [0.29, 0.717) is 12.1 Å². The zero-order valence-electron chi connectivity index (χ0n) is 14.4. The molecule has 4 aromatic rings. The van der Waals surface area contributed by atoms with Crippen molar-refractivity contribution in [2.24, 2.45) is 0 Å². The van der Waals surface area contributed by atoms with Crippen molar-refractivity contribution in [2.75, 3.05) is 6.54 Å². The summed E-state index contributed by atoms with van der Waals surface area (Å²) in [6.45, 7) is 0.278. The maximum Gasteiger partial charge on any atom is 0.251 e. The molecule has 0 unspecified atom stereocenters. The van der Waals surface area contributed by atoms with Crippen molar-refractivity contribution in [1.29, 1.82) is 0 Å². The topological polar surface area (TPSA) is 71.1 Å². The summed E-state index contributed by atoms with van der Waals surface area (Å²) in [5.41, 5.74) is 1.46. The summed E-state index contributed by atoms with van der Waals surface area (Å²) in [5, 5.41) is 8.35. The molecule has 0 saturated heterocycles. The van der Waals surface area contributed by atoms with E-state index in [1.807, 2.05) is 60.7 Å². The lowest BCUT2D eigenvalue weighted by molar-refractivity contribution is -0.120. The quantitative estimate of drug-likeness (QED) is 0.561. The summed E-state index contributed by atoms with van der Waals surface area (Å²) in [6, 6.07) is 21.2. The van der Waals surface area contributed by atoms with Crippen LogP contribution >= 0.6 is 11.3 Å². The number of hydrogen-bond acceptors (Lipinski definition) is 4. The number of nitrogens with one attached hydrogen (secondary N) is 2. The molecule has 0 spiro atoms. The van der Waals surface area contributed by atoms with E-state index in [0.717, 1.165) is 26.0 Å². The van der Waals surface area contributed by atoms with Crippen LogP contribution < -0.4 is 10.6 Å². The fourth-order valence-corrected chi connectivity index (χ4v) is 3.73. The molecule has 0 fully saturated rings. The van der Waals surface area contributed by atoms with Gasteiger partial charge in [0.25, 0.3) is 5.91 Å². The van der Waals surface area contributed by atoms with Gasteiger partial charge in [-0.25, -0.2) is 4.98 Å². The molecule has 27 heavy (non-hydrogen) atoms. The second-order valence-electron chi connectivity index (χ2n) is 6.10. The van der Waals surface area contributed by atoms with Crippen molar-refractivity contribution in [2.45, 2.75) is 6.54 Å². The van der Waals surface area contributed by atoms with Crippen LogP contribution in [0.3, 0.4) is 0 Å². The van der Waals surface area contributed by atoms with Gasteiger partial charge in [-0.3, -0.25) is 9.59 Å². The third kappa shape index (κ3) is 3.96. The third-order valence-electron chi connectivity index (χ3n) is 4.20. The Morgan fingerprint density at radius 1 is 0.889 bits per heavy atom. The summed E-state index contributed by atoms with van der Waals surface area (Å²) in [6.07, 6.45) is 0. The number of rotatable bonds is 5. The summed E-state index contributed by atoms with van der Waals surface area (Å²) in [7, 11) is 0. The summed E-state index contributed by atoms with van der Waals surface area (Å²) < 4.78 is 1.09. The number of para-hydroxylation sites is 1. The molecule has 0 saturated carbocycles. The van der Waals surface area contributed by atoms with Crippen LogP contribution in [0.5, 0.6) is 0 Å². The molecule has 0 atom stereocenters. The molecule has 0 radical (unpaired) electrons. The van der Waals surface area contributed by atoms with Crippen molar-refractivity contribution in [3.05, 3.63) is 77.3 Å². The van der Waals surface area contributed by atoms with E-state index in [9.17, 15) is 9.59 Å². The molecule has 0 aliphatic heterocycles. The molecule has 2 N–H and O–H groups in total. The lowest BCUT2D eigenvalue weighted by Gasteiger charge is -2.07. The molecule has 1 aromatic heterocycles. The first-order valence-electron chi connectivity index (χ1n) is 8.57. The van der Waals surface area contributed by atoms with Crippen LogP contribution in [0.25, 0.3) is 21.0 Å². The van der Waals surface area contributed by atoms with Crippen molar-refractivity contribution < 1.29 is 9.59 Å². The fourth-order valence-electron chi connectivity index (χ4n) is 2.83. The minimum Gasteiger partial charge on any atom is -0.348 e. The molecular weight excluding hydrogens is 358 g/mol. The second-order valence-corrected chi connectivity index (χ2v) is 7.21. The van der Waals surface area contributed by atoms with Crippen LogP contribution in [0, 0.1) is 0 Å². The monoisotopic (exact) mass is 375 g/mol. The van der Waals surface area contributed by atoms with Gasteiger partial charge < -0.3 is 10.6 Å². The molecule has 3 aromatic carbocycles. The van der Waals surface area contributed by atoms with Gasteiger partial charge in [0.15, 0.2) is 0 Å². The number of hydrogen-bond donors (Lipinski definition) is 2. The van der Waals surface area contributed by atoms with Gasteiger partial charge in [-0.2, -0.15) is 0 Å². The Morgan fingerprint density at radius 3 is 2.52 bits per heavy atom. The van der Waals surface area contributed by atoms with Gasteiger partial charge in [0.1, 0.15) is 5.01 Å². The van der Waals surface area contributed by atoms with Gasteiger partial charge in [0.2, 0.25) is 5.91 Å². The maximum atomic E-state index is 12.3. The van der Waals surface area contributed by atoms with E-state index in [1.165, 1.54) is 0 Å². The molecule has 0 aliphatic carbocycles. The van der Waals surface area contributed by atoms with Crippen LogP contribution in [0.4, 0.5) is 0 Å². The van der Waals surface area contributed by atoms with E-state index in [4.69, 9.17) is 0 Å². The number of carbonyl (C=O) groups excluding carboxylic acids is 2. The van der Waals surface area contributed by atoms with E-state index >= 15 is 0 Å². The van der Waals surface area contributed by atoms with Gasteiger partial charge in [0.05, 0.1) is 23.3 Å². The number of aromatic nitrogens is 1. The third-order valence-corrected chi connectivity index (χ3v) is 5.23. The zero-order valence-corrected chi connectivity index (χ0v) is 15.3. The number of carbonyl (C=O) groups is 2. The Labute approximate surface area is 160 Å². The van der Waals surface area contributed by atoms with Crippen molar-refractivity contribution in [1.82, 2.24) is 15.6 Å². The highest BCUT2D eigenvalue weighted by Gasteiger charge is 2.10. The summed E-state index contributed by atoms with van der Waals surface area (Å²) >= 11 is 1.55. The molecule has 0 aliphatic rings. The predicted octanol–water partition coefficient (Wildman–Crippen LogP) is 3.50. The van der Waals surface area contributed by atoms with Crippen molar-refractivity contribution in [3.63, 3.8) is 0 Å². The first-order chi connectivity index (χ1) is 13.2. The van der Waals surface area contributed by atoms with Gasteiger partial charge in [0, 0.05) is 5.56 Å². The first kappa shape index (κ1) is 17.2. The Bertz CT molecular complexity index is 1100. The van der Waals surface area contributed by atoms with E-state index in [1.54, 1.807) is 17.4 Å².